The van der Waals surface area contributed by atoms with E-state index in [1.807, 2.05) is 18.2 Å². The Morgan fingerprint density at radius 2 is 2.12 bits per heavy atom. The van der Waals surface area contributed by atoms with Crippen LogP contribution in [0.4, 0.5) is 11.4 Å². The Morgan fingerprint density at radius 1 is 1.31 bits per heavy atom. The van der Waals surface area contributed by atoms with Crippen molar-refractivity contribution < 1.29 is 14.3 Å². The Kier molecular flexibility index (Phi) is 6.52. The van der Waals surface area contributed by atoms with E-state index in [1.165, 1.54) is 0 Å². The van der Waals surface area contributed by atoms with Crippen LogP contribution in [0.2, 0.25) is 0 Å². The highest BCUT2D eigenvalue weighted by Crippen LogP contribution is 2.34. The van der Waals surface area contributed by atoms with Gasteiger partial charge in [0.05, 0.1) is 7.11 Å². The first-order chi connectivity index (χ1) is 12.2. The van der Waals surface area contributed by atoms with Crippen molar-refractivity contribution in [2.75, 3.05) is 30.9 Å². The molecule has 6 heteroatoms. The Bertz CT molecular complexity index is 808. The Labute approximate surface area is 159 Å². The standard InChI is InChI=1S/C20H22N2O3.ClH/c1-3-12-25-18-10-9-14(13-19(18)24-2)20(23)22-11-5-6-15-16(21)7-4-8-17(15)22;/h3-4,7-10,13H,1,5-6,11-12,21H2,2H3;1H. The van der Waals surface area contributed by atoms with Gasteiger partial charge >= 0.3 is 0 Å². The Hall–Kier alpha value is -2.66. The molecule has 0 saturated carbocycles. The average Bonchev–Trinajstić information content (AvgIpc) is 2.65. The van der Waals surface area contributed by atoms with E-state index in [0.29, 0.717) is 30.2 Å². The van der Waals surface area contributed by atoms with E-state index in [4.69, 9.17) is 15.2 Å². The number of hydrogen-bond acceptors (Lipinski definition) is 4. The molecule has 3 rings (SSSR count). The number of amides is 1. The number of benzene rings is 2. The summed E-state index contributed by atoms with van der Waals surface area (Å²) in [6, 6.07) is 10.9. The number of nitrogens with two attached hydrogens (primary N) is 1. The summed E-state index contributed by atoms with van der Waals surface area (Å²) in [5.41, 5.74) is 9.30. The van der Waals surface area contributed by atoms with Crippen LogP contribution in [0, 0.1) is 0 Å². The van der Waals surface area contributed by atoms with E-state index in [1.54, 1.807) is 36.3 Å². The molecule has 1 amide bonds. The van der Waals surface area contributed by atoms with E-state index >= 15 is 0 Å². The fraction of sp³-hybridized carbons (Fsp3) is 0.250. The van der Waals surface area contributed by atoms with Crippen LogP contribution < -0.4 is 20.1 Å². The molecule has 0 atom stereocenters. The molecular formula is C20H23ClN2O3. The van der Waals surface area contributed by atoms with Crippen LogP contribution in [0.3, 0.4) is 0 Å². The molecule has 0 unspecified atom stereocenters. The summed E-state index contributed by atoms with van der Waals surface area (Å²) in [4.78, 5) is 14.8. The molecule has 0 fully saturated rings. The van der Waals surface area contributed by atoms with E-state index in [9.17, 15) is 4.79 Å². The average molecular weight is 375 g/mol. The zero-order valence-corrected chi connectivity index (χ0v) is 15.6. The zero-order chi connectivity index (χ0) is 17.8. The van der Waals surface area contributed by atoms with Crippen LogP contribution in [0.15, 0.2) is 49.1 Å². The van der Waals surface area contributed by atoms with Crippen molar-refractivity contribution in [3.63, 3.8) is 0 Å². The molecule has 0 bridgehead atoms. The monoisotopic (exact) mass is 374 g/mol. The maximum absolute atomic E-state index is 13.0. The van der Waals surface area contributed by atoms with E-state index in [2.05, 4.69) is 6.58 Å². The van der Waals surface area contributed by atoms with Gasteiger partial charge in [-0.1, -0.05) is 18.7 Å². The second-order valence-electron chi connectivity index (χ2n) is 5.87. The number of anilines is 2. The van der Waals surface area contributed by atoms with Gasteiger partial charge < -0.3 is 20.1 Å². The second kappa shape index (κ2) is 8.63. The number of ether oxygens (including phenoxy) is 2. The third-order valence-corrected chi connectivity index (χ3v) is 4.30. The molecule has 5 nitrogen and oxygen atoms in total. The summed E-state index contributed by atoms with van der Waals surface area (Å²) in [6.45, 7) is 4.68. The quantitative estimate of drug-likeness (QED) is 0.637. The summed E-state index contributed by atoms with van der Waals surface area (Å²) in [5, 5.41) is 0. The number of nitrogen functional groups attached to an aromatic ring is 1. The van der Waals surface area contributed by atoms with Gasteiger partial charge in [-0.15, -0.1) is 12.4 Å². The molecule has 2 N–H and O–H groups in total. The van der Waals surface area contributed by atoms with Gasteiger partial charge in [0.2, 0.25) is 0 Å². The fourth-order valence-electron chi connectivity index (χ4n) is 3.09. The van der Waals surface area contributed by atoms with Crippen molar-refractivity contribution in [1.29, 1.82) is 0 Å². The molecule has 26 heavy (non-hydrogen) atoms. The largest absolute Gasteiger partial charge is 0.493 e. The van der Waals surface area contributed by atoms with Gasteiger partial charge in [0.15, 0.2) is 11.5 Å². The molecular weight excluding hydrogens is 352 g/mol. The predicted molar refractivity (Wildman–Crippen MR) is 107 cm³/mol. The maximum atomic E-state index is 13.0. The molecule has 0 aliphatic carbocycles. The highest BCUT2D eigenvalue weighted by molar-refractivity contribution is 6.07. The first kappa shape index (κ1) is 19.7. The number of carbonyl (C=O) groups excluding carboxylic acids is 1. The van der Waals surface area contributed by atoms with Crippen LogP contribution in [0.25, 0.3) is 0 Å². The smallest absolute Gasteiger partial charge is 0.258 e. The van der Waals surface area contributed by atoms with Crippen LogP contribution >= 0.6 is 12.4 Å². The first-order valence-corrected chi connectivity index (χ1v) is 8.26. The van der Waals surface area contributed by atoms with E-state index in [-0.39, 0.29) is 18.3 Å². The molecule has 1 aliphatic heterocycles. The predicted octanol–water partition coefficient (Wildman–Crippen LogP) is 3.86. The highest BCUT2D eigenvalue weighted by Gasteiger charge is 2.25. The molecule has 1 heterocycles. The Morgan fingerprint density at radius 3 is 2.85 bits per heavy atom. The van der Waals surface area contributed by atoms with E-state index < -0.39 is 0 Å². The lowest BCUT2D eigenvalue weighted by Crippen LogP contribution is -2.35. The zero-order valence-electron chi connectivity index (χ0n) is 14.7. The van der Waals surface area contributed by atoms with Crippen molar-refractivity contribution in [3.8, 4) is 11.5 Å². The van der Waals surface area contributed by atoms with E-state index in [0.717, 1.165) is 29.8 Å². The maximum Gasteiger partial charge on any atom is 0.258 e. The number of hydrogen-bond donors (Lipinski definition) is 1. The van der Waals surface area contributed by atoms with Crippen LogP contribution in [0.5, 0.6) is 11.5 Å². The number of carbonyl (C=O) groups is 1. The topological polar surface area (TPSA) is 64.8 Å². The van der Waals surface area contributed by atoms with Crippen molar-refractivity contribution in [3.05, 3.63) is 60.2 Å². The minimum absolute atomic E-state index is 0. The van der Waals surface area contributed by atoms with Crippen molar-refractivity contribution >= 4 is 29.7 Å². The molecule has 2 aromatic carbocycles. The van der Waals surface area contributed by atoms with Crippen molar-refractivity contribution in [1.82, 2.24) is 0 Å². The summed E-state index contributed by atoms with van der Waals surface area (Å²) in [6.07, 6.45) is 3.45. The number of nitrogens with zero attached hydrogens (tertiary/aromatic N) is 1. The van der Waals surface area contributed by atoms with Gasteiger partial charge in [0.1, 0.15) is 6.61 Å². The second-order valence-corrected chi connectivity index (χ2v) is 5.87. The molecule has 1 aliphatic rings. The SMILES string of the molecule is C=CCOc1ccc(C(=O)N2CCCc3c(N)cccc32)cc1OC.Cl. The van der Waals surface area contributed by atoms with Gasteiger partial charge in [0.25, 0.3) is 5.91 Å². The molecule has 0 spiro atoms. The lowest BCUT2D eigenvalue weighted by atomic mass is 9.99. The third kappa shape index (κ3) is 3.78. The van der Waals surface area contributed by atoms with Crippen LogP contribution in [-0.4, -0.2) is 26.2 Å². The number of fused-ring (bicyclic) bond motifs is 1. The minimum Gasteiger partial charge on any atom is -0.493 e. The van der Waals surface area contributed by atoms with Gasteiger partial charge in [-0.05, 0) is 48.7 Å². The lowest BCUT2D eigenvalue weighted by Gasteiger charge is -2.30. The van der Waals surface area contributed by atoms with Crippen LogP contribution in [-0.2, 0) is 6.42 Å². The normalized spacial score (nSPS) is 12.6. The minimum atomic E-state index is -0.0693. The van der Waals surface area contributed by atoms with Gasteiger partial charge in [-0.25, -0.2) is 0 Å². The van der Waals surface area contributed by atoms with Crippen molar-refractivity contribution in [2.45, 2.75) is 12.8 Å². The third-order valence-electron chi connectivity index (χ3n) is 4.30. The van der Waals surface area contributed by atoms with Gasteiger partial charge in [0, 0.05) is 23.5 Å². The molecule has 0 saturated heterocycles. The summed E-state index contributed by atoms with van der Waals surface area (Å²) in [5.74, 6) is 1.04. The summed E-state index contributed by atoms with van der Waals surface area (Å²) >= 11 is 0. The van der Waals surface area contributed by atoms with Gasteiger partial charge in [-0.3, -0.25) is 4.79 Å². The Balaban J connectivity index is 0.00000243. The number of halogens is 1. The molecule has 0 aromatic heterocycles. The van der Waals surface area contributed by atoms with Crippen LogP contribution in [0.1, 0.15) is 22.3 Å². The number of rotatable bonds is 5. The van der Waals surface area contributed by atoms with Crippen molar-refractivity contribution in [2.24, 2.45) is 0 Å². The first-order valence-electron chi connectivity index (χ1n) is 8.26. The molecule has 2 aromatic rings. The highest BCUT2D eigenvalue weighted by atomic mass is 35.5. The molecule has 138 valence electrons. The summed E-state index contributed by atoms with van der Waals surface area (Å²) < 4.78 is 10.9. The lowest BCUT2D eigenvalue weighted by molar-refractivity contribution is 0.0984. The van der Waals surface area contributed by atoms with Gasteiger partial charge in [-0.2, -0.15) is 0 Å². The number of methoxy groups -OCH3 is 1. The fourth-order valence-corrected chi connectivity index (χ4v) is 3.09. The molecule has 0 radical (unpaired) electrons. The summed E-state index contributed by atoms with van der Waals surface area (Å²) in [7, 11) is 1.56.